The van der Waals surface area contributed by atoms with Crippen molar-refractivity contribution in [3.63, 3.8) is 0 Å². The molecule has 1 N–H and O–H groups in total. The number of carboxylic acids is 1. The van der Waals surface area contributed by atoms with Crippen LogP contribution in [0.15, 0.2) is 42.5 Å². The molecule has 0 spiro atoms. The third-order valence-electron chi connectivity index (χ3n) is 4.26. The molecule has 0 bridgehead atoms. The molecule has 0 fully saturated rings. The van der Waals surface area contributed by atoms with Crippen LogP contribution in [0, 0.1) is 6.92 Å². The largest absolute Gasteiger partial charge is 0.545 e. The van der Waals surface area contributed by atoms with E-state index in [-0.39, 0.29) is 18.1 Å². The molecule has 0 saturated heterocycles. The van der Waals surface area contributed by atoms with Gasteiger partial charge in [-0.05, 0) is 48.6 Å². The van der Waals surface area contributed by atoms with E-state index in [1.165, 1.54) is 11.6 Å². The lowest BCUT2D eigenvalue weighted by Crippen LogP contribution is -2.25. The smallest absolute Gasteiger partial charge is 0.262 e. The van der Waals surface area contributed by atoms with Gasteiger partial charge >= 0.3 is 0 Å². The van der Waals surface area contributed by atoms with E-state index >= 15 is 0 Å². The predicted molar refractivity (Wildman–Crippen MR) is 94.8 cm³/mol. The molecule has 5 nitrogen and oxygen atoms in total. The highest BCUT2D eigenvalue weighted by atomic mass is 16.5. The van der Waals surface area contributed by atoms with Gasteiger partial charge in [0.15, 0.2) is 6.61 Å². The maximum absolute atomic E-state index is 12.0. The molecule has 1 amide bonds. The Bertz CT molecular complexity index is 753. The normalized spacial score (nSPS) is 11.6. The second kappa shape index (κ2) is 8.33. The molecule has 2 rings (SSSR count). The lowest BCUT2D eigenvalue weighted by atomic mass is 9.99. The topological polar surface area (TPSA) is 78.5 Å². The van der Waals surface area contributed by atoms with E-state index in [2.05, 4.69) is 19.2 Å². The summed E-state index contributed by atoms with van der Waals surface area (Å²) in [5.74, 6) is -0.533. The van der Waals surface area contributed by atoms with Gasteiger partial charge in [-0.25, -0.2) is 0 Å². The van der Waals surface area contributed by atoms with Crippen LogP contribution in [0.3, 0.4) is 0 Å². The number of hydrogen-bond acceptors (Lipinski definition) is 4. The highest BCUT2D eigenvalue weighted by molar-refractivity contribution is 5.96. The van der Waals surface area contributed by atoms with E-state index in [4.69, 9.17) is 4.74 Å². The monoisotopic (exact) mass is 340 g/mol. The molecule has 5 heteroatoms. The van der Waals surface area contributed by atoms with Gasteiger partial charge in [0.2, 0.25) is 0 Å². The van der Waals surface area contributed by atoms with Crippen LogP contribution < -0.4 is 15.2 Å². The van der Waals surface area contributed by atoms with Gasteiger partial charge in [-0.15, -0.1) is 0 Å². The van der Waals surface area contributed by atoms with Crippen molar-refractivity contribution in [3.05, 3.63) is 59.2 Å². The minimum atomic E-state index is -1.27. The van der Waals surface area contributed by atoms with Crippen LogP contribution >= 0.6 is 0 Å². The molecule has 2 aromatic rings. The zero-order valence-electron chi connectivity index (χ0n) is 14.7. The fraction of sp³-hybridized carbons (Fsp3) is 0.300. The van der Waals surface area contributed by atoms with Crippen molar-refractivity contribution >= 4 is 17.6 Å². The standard InChI is InChI=1S/C20H23NO4/c1-4-13(2)15-8-10-16(11-9-15)25-12-19(22)21-18-7-5-6-17(14(18)3)20(23)24/h5-11,13H,4,12H2,1-3H3,(H,21,22)(H,23,24)/p-1/t13-/m1/s1. The maximum Gasteiger partial charge on any atom is 0.262 e. The number of benzene rings is 2. The van der Waals surface area contributed by atoms with E-state index in [1.807, 2.05) is 24.3 Å². The van der Waals surface area contributed by atoms with Crippen LogP contribution in [0.5, 0.6) is 5.75 Å². The van der Waals surface area contributed by atoms with E-state index in [0.717, 1.165) is 6.42 Å². The molecule has 0 saturated carbocycles. The summed E-state index contributed by atoms with van der Waals surface area (Å²) in [6, 6.07) is 12.3. The summed E-state index contributed by atoms with van der Waals surface area (Å²) in [6.45, 7) is 5.76. The molecule has 132 valence electrons. The van der Waals surface area contributed by atoms with Gasteiger partial charge in [0.05, 0.1) is 5.97 Å². The Hall–Kier alpha value is -2.82. The maximum atomic E-state index is 12.0. The molecule has 0 aliphatic carbocycles. The number of carbonyl (C=O) groups excluding carboxylic acids is 2. The minimum Gasteiger partial charge on any atom is -0.545 e. The molecule has 0 heterocycles. The molecule has 0 aromatic heterocycles. The number of anilines is 1. The van der Waals surface area contributed by atoms with E-state index in [0.29, 0.717) is 22.9 Å². The number of ether oxygens (including phenoxy) is 1. The summed E-state index contributed by atoms with van der Waals surface area (Å²) in [4.78, 5) is 23.1. The third-order valence-corrected chi connectivity index (χ3v) is 4.26. The first-order chi connectivity index (χ1) is 11.9. The van der Waals surface area contributed by atoms with Crippen LogP contribution in [0.4, 0.5) is 5.69 Å². The Morgan fingerprint density at radius 1 is 1.16 bits per heavy atom. The summed E-state index contributed by atoms with van der Waals surface area (Å²) in [5, 5.41) is 13.7. The Morgan fingerprint density at radius 3 is 2.44 bits per heavy atom. The fourth-order valence-corrected chi connectivity index (χ4v) is 2.46. The highest BCUT2D eigenvalue weighted by Crippen LogP contribution is 2.22. The summed E-state index contributed by atoms with van der Waals surface area (Å²) in [5.41, 5.74) is 2.17. The van der Waals surface area contributed by atoms with Crippen molar-refractivity contribution < 1.29 is 19.4 Å². The minimum absolute atomic E-state index is 0.0550. The number of rotatable bonds is 7. The Labute approximate surface area is 147 Å². The molecule has 0 unspecified atom stereocenters. The van der Waals surface area contributed by atoms with Crippen molar-refractivity contribution in [2.45, 2.75) is 33.1 Å². The van der Waals surface area contributed by atoms with E-state index in [1.54, 1.807) is 19.1 Å². The van der Waals surface area contributed by atoms with Crippen LogP contribution in [-0.2, 0) is 4.79 Å². The molecule has 0 aliphatic rings. The molecule has 1 atom stereocenters. The number of amides is 1. The zero-order chi connectivity index (χ0) is 18.4. The molecule has 0 radical (unpaired) electrons. The van der Waals surface area contributed by atoms with Crippen LogP contribution in [0.2, 0.25) is 0 Å². The van der Waals surface area contributed by atoms with Crippen molar-refractivity contribution in [1.29, 1.82) is 0 Å². The summed E-state index contributed by atoms with van der Waals surface area (Å²) in [6.07, 6.45) is 1.06. The van der Waals surface area contributed by atoms with E-state index < -0.39 is 5.97 Å². The summed E-state index contributed by atoms with van der Waals surface area (Å²) < 4.78 is 5.49. The second-order valence-corrected chi connectivity index (χ2v) is 5.98. The predicted octanol–water partition coefficient (Wildman–Crippen LogP) is 2.89. The van der Waals surface area contributed by atoms with Crippen LogP contribution in [0.25, 0.3) is 0 Å². The first-order valence-corrected chi connectivity index (χ1v) is 8.26. The van der Waals surface area contributed by atoms with Gasteiger partial charge in [0.1, 0.15) is 5.75 Å². The first kappa shape index (κ1) is 18.5. The average Bonchev–Trinajstić information content (AvgIpc) is 2.61. The summed E-state index contributed by atoms with van der Waals surface area (Å²) in [7, 11) is 0. The lowest BCUT2D eigenvalue weighted by molar-refractivity contribution is -0.255. The Balaban J connectivity index is 1.95. The van der Waals surface area contributed by atoms with Gasteiger partial charge in [-0.1, -0.05) is 38.1 Å². The van der Waals surface area contributed by atoms with E-state index in [9.17, 15) is 14.7 Å². The van der Waals surface area contributed by atoms with Crippen molar-refractivity contribution in [1.82, 2.24) is 0 Å². The van der Waals surface area contributed by atoms with Gasteiger partial charge < -0.3 is 20.0 Å². The van der Waals surface area contributed by atoms with Crippen LogP contribution in [0.1, 0.15) is 47.7 Å². The molecule has 2 aromatic carbocycles. The summed E-state index contributed by atoms with van der Waals surface area (Å²) >= 11 is 0. The SMILES string of the molecule is CC[C@@H](C)c1ccc(OCC(=O)Nc2cccc(C(=O)[O-])c2C)cc1. The Kier molecular flexibility index (Phi) is 6.17. The third kappa shape index (κ3) is 4.83. The number of carbonyl (C=O) groups is 2. The number of hydrogen-bond donors (Lipinski definition) is 1. The number of nitrogens with one attached hydrogen (secondary N) is 1. The van der Waals surface area contributed by atoms with Gasteiger partial charge in [-0.3, -0.25) is 4.79 Å². The molecule has 0 aliphatic heterocycles. The van der Waals surface area contributed by atoms with Gasteiger partial charge in [0.25, 0.3) is 5.91 Å². The number of carboxylic acid groups (broad SMARTS) is 1. The van der Waals surface area contributed by atoms with Gasteiger partial charge in [-0.2, -0.15) is 0 Å². The highest BCUT2D eigenvalue weighted by Gasteiger charge is 2.09. The van der Waals surface area contributed by atoms with Crippen molar-refractivity contribution in [3.8, 4) is 5.75 Å². The molecular weight excluding hydrogens is 318 g/mol. The average molecular weight is 340 g/mol. The van der Waals surface area contributed by atoms with Gasteiger partial charge in [0, 0.05) is 11.3 Å². The fourth-order valence-electron chi connectivity index (χ4n) is 2.46. The molecule has 25 heavy (non-hydrogen) atoms. The van der Waals surface area contributed by atoms with Crippen LogP contribution in [-0.4, -0.2) is 18.5 Å². The van der Waals surface area contributed by atoms with Crippen molar-refractivity contribution in [2.24, 2.45) is 0 Å². The second-order valence-electron chi connectivity index (χ2n) is 5.98. The zero-order valence-corrected chi connectivity index (χ0v) is 14.7. The number of aromatic carboxylic acids is 1. The quantitative estimate of drug-likeness (QED) is 0.840. The molecular formula is C20H22NO4-. The first-order valence-electron chi connectivity index (χ1n) is 8.26. The lowest BCUT2D eigenvalue weighted by Gasteiger charge is -2.14. The Morgan fingerprint density at radius 2 is 1.84 bits per heavy atom. The van der Waals surface area contributed by atoms with Crippen molar-refractivity contribution in [2.75, 3.05) is 11.9 Å².